The molecule has 0 bridgehead atoms. The monoisotopic (exact) mass is 470 g/mol. The molecule has 2 heterocycles. The van der Waals surface area contributed by atoms with Crippen molar-refractivity contribution in [2.75, 3.05) is 0 Å². The summed E-state index contributed by atoms with van der Waals surface area (Å²) in [5.74, 6) is -0.284. The topological polar surface area (TPSA) is 61.1 Å². The van der Waals surface area contributed by atoms with Gasteiger partial charge in [0.05, 0.1) is 27.7 Å². The van der Waals surface area contributed by atoms with Gasteiger partial charge in [0.1, 0.15) is 4.83 Å². The molecule has 0 unspecified atom stereocenters. The molecule has 5 nitrogen and oxygen atoms in total. The van der Waals surface area contributed by atoms with E-state index in [-0.39, 0.29) is 22.9 Å². The number of fused-ring (bicyclic) bond motifs is 3. The Kier molecular flexibility index (Phi) is 5.08. The van der Waals surface area contributed by atoms with E-state index in [1.165, 1.54) is 22.0 Å². The molecular weight excluding hydrogens is 455 g/mol. The molecule has 2 aromatic heterocycles. The predicted molar refractivity (Wildman–Crippen MR) is 124 cm³/mol. The Morgan fingerprint density at radius 3 is 2.52 bits per heavy atom. The number of carbonyl (C=O) groups excluding carboxylic acids is 1. The first-order valence-electron chi connectivity index (χ1n) is 9.79. The molecule has 31 heavy (non-hydrogen) atoms. The highest BCUT2D eigenvalue weighted by atomic mass is 35.5. The van der Waals surface area contributed by atoms with Gasteiger partial charge in [-0.25, -0.2) is 9.36 Å². The second kappa shape index (κ2) is 7.79. The lowest BCUT2D eigenvalue weighted by Crippen LogP contribution is -2.39. The minimum atomic E-state index is -0.531. The zero-order chi connectivity index (χ0) is 21.7. The molecule has 2 aromatic carbocycles. The van der Waals surface area contributed by atoms with Crippen LogP contribution in [-0.2, 0) is 19.4 Å². The second-order valence-corrected chi connectivity index (χ2v) is 9.33. The number of rotatable bonds is 4. The van der Waals surface area contributed by atoms with Crippen LogP contribution in [0, 0.1) is 0 Å². The molecule has 0 atom stereocenters. The van der Waals surface area contributed by atoms with Gasteiger partial charge in [-0.15, -0.1) is 11.3 Å². The molecule has 4 aromatic rings. The summed E-state index contributed by atoms with van der Waals surface area (Å²) in [6.07, 6.45) is 2.68. The average Bonchev–Trinajstić information content (AvgIpc) is 3.35. The van der Waals surface area contributed by atoms with Gasteiger partial charge < -0.3 is 0 Å². The number of nitrogens with zero attached hydrogens (tertiary/aromatic N) is 2. The second-order valence-electron chi connectivity index (χ2n) is 7.43. The number of hydrogen-bond donors (Lipinski definition) is 0. The molecule has 0 radical (unpaired) electrons. The average molecular weight is 471 g/mol. The van der Waals surface area contributed by atoms with Gasteiger partial charge in [-0.2, -0.15) is 0 Å². The minimum absolute atomic E-state index is 0.195. The number of carbonyl (C=O) groups is 1. The summed E-state index contributed by atoms with van der Waals surface area (Å²) >= 11 is 13.5. The number of aromatic nitrogens is 2. The molecule has 0 saturated carbocycles. The van der Waals surface area contributed by atoms with E-state index in [4.69, 9.17) is 23.2 Å². The van der Waals surface area contributed by atoms with Crippen molar-refractivity contribution in [1.82, 2.24) is 9.13 Å². The largest absolute Gasteiger partial charge is 0.337 e. The fraction of sp³-hybridized carbons (Fsp3) is 0.174. The SMILES string of the molecule is O=C(Cn1c(=O)n(-c2ccccc2)c(=O)c2c3c(sc21)CCC3)c1ccc(Cl)c(Cl)c1. The summed E-state index contributed by atoms with van der Waals surface area (Å²) in [4.78, 5) is 41.6. The van der Waals surface area contributed by atoms with Crippen molar-refractivity contribution >= 4 is 50.5 Å². The molecule has 0 spiro atoms. The number of thiophene rings is 1. The number of ketones is 1. The lowest BCUT2D eigenvalue weighted by Gasteiger charge is -2.12. The van der Waals surface area contributed by atoms with E-state index in [2.05, 4.69) is 0 Å². The van der Waals surface area contributed by atoms with Crippen LogP contribution in [0.25, 0.3) is 15.9 Å². The van der Waals surface area contributed by atoms with Crippen LogP contribution in [0.2, 0.25) is 10.0 Å². The molecule has 0 fully saturated rings. The Hall–Kier alpha value is -2.67. The van der Waals surface area contributed by atoms with Crippen LogP contribution in [0.5, 0.6) is 0 Å². The fourth-order valence-electron chi connectivity index (χ4n) is 4.06. The summed E-state index contributed by atoms with van der Waals surface area (Å²) in [6.45, 7) is -0.195. The van der Waals surface area contributed by atoms with Crippen LogP contribution >= 0.6 is 34.5 Å². The van der Waals surface area contributed by atoms with E-state index < -0.39 is 5.69 Å². The van der Waals surface area contributed by atoms with E-state index >= 15 is 0 Å². The van der Waals surface area contributed by atoms with Crippen LogP contribution in [0.1, 0.15) is 27.2 Å². The summed E-state index contributed by atoms with van der Waals surface area (Å²) < 4.78 is 2.58. The van der Waals surface area contributed by atoms with E-state index in [1.807, 2.05) is 6.07 Å². The maximum atomic E-state index is 13.5. The number of benzene rings is 2. The Labute approximate surface area is 191 Å². The van der Waals surface area contributed by atoms with Crippen LogP contribution in [0.4, 0.5) is 0 Å². The maximum Gasteiger partial charge on any atom is 0.337 e. The van der Waals surface area contributed by atoms with E-state index in [1.54, 1.807) is 36.4 Å². The molecule has 1 aliphatic carbocycles. The van der Waals surface area contributed by atoms with Gasteiger partial charge in [0.2, 0.25) is 0 Å². The molecule has 8 heteroatoms. The van der Waals surface area contributed by atoms with Crippen molar-refractivity contribution < 1.29 is 4.79 Å². The Balaban J connectivity index is 1.74. The number of halogens is 2. The van der Waals surface area contributed by atoms with Crippen LogP contribution in [0.15, 0.2) is 58.1 Å². The first kappa shape index (κ1) is 20.2. The Bertz CT molecular complexity index is 1470. The van der Waals surface area contributed by atoms with Crippen molar-refractivity contribution in [1.29, 1.82) is 0 Å². The van der Waals surface area contributed by atoms with Crippen molar-refractivity contribution in [2.45, 2.75) is 25.8 Å². The van der Waals surface area contributed by atoms with Gasteiger partial charge in [0.25, 0.3) is 5.56 Å². The zero-order valence-electron chi connectivity index (χ0n) is 16.2. The molecule has 0 saturated heterocycles. The van der Waals surface area contributed by atoms with Gasteiger partial charge in [0, 0.05) is 10.4 Å². The lowest BCUT2D eigenvalue weighted by atomic mass is 10.1. The number of aryl methyl sites for hydroxylation is 2. The van der Waals surface area contributed by atoms with Gasteiger partial charge in [-0.05, 0) is 55.2 Å². The van der Waals surface area contributed by atoms with E-state index in [0.29, 0.717) is 26.5 Å². The molecule has 0 N–H and O–H groups in total. The van der Waals surface area contributed by atoms with Crippen molar-refractivity contribution in [3.05, 3.63) is 95.4 Å². The lowest BCUT2D eigenvalue weighted by molar-refractivity contribution is 0.0972. The maximum absolute atomic E-state index is 13.5. The summed E-state index contributed by atoms with van der Waals surface area (Å²) in [6, 6.07) is 13.4. The number of Topliss-reactive ketones (excluding diaryl/α,β-unsaturated/α-hetero) is 1. The van der Waals surface area contributed by atoms with Crippen molar-refractivity contribution in [2.24, 2.45) is 0 Å². The van der Waals surface area contributed by atoms with Crippen molar-refractivity contribution in [3.63, 3.8) is 0 Å². The third-order valence-corrected chi connectivity index (χ3v) is 7.60. The standard InChI is InChI=1S/C23H16Cl2N2O3S/c24-16-10-9-13(11-17(16)25)18(28)12-26-22-20(15-7-4-8-19(15)31-22)21(29)27(23(26)30)14-5-2-1-3-6-14/h1-3,5-6,9-11H,4,7-8,12H2. The van der Waals surface area contributed by atoms with Crippen LogP contribution < -0.4 is 11.2 Å². The number of para-hydroxylation sites is 1. The minimum Gasteiger partial charge on any atom is -0.292 e. The molecule has 0 aliphatic heterocycles. The van der Waals surface area contributed by atoms with Gasteiger partial charge in [0.15, 0.2) is 5.78 Å². The highest BCUT2D eigenvalue weighted by molar-refractivity contribution is 7.19. The smallest absolute Gasteiger partial charge is 0.292 e. The Morgan fingerprint density at radius 2 is 1.77 bits per heavy atom. The van der Waals surface area contributed by atoms with Gasteiger partial charge in [-0.1, -0.05) is 41.4 Å². The molecule has 0 amide bonds. The van der Waals surface area contributed by atoms with Gasteiger partial charge >= 0.3 is 5.69 Å². The van der Waals surface area contributed by atoms with Crippen LogP contribution in [0.3, 0.4) is 0 Å². The third kappa shape index (κ3) is 3.35. The fourth-order valence-corrected chi connectivity index (χ4v) is 5.73. The van der Waals surface area contributed by atoms with E-state index in [0.717, 1.165) is 34.3 Å². The van der Waals surface area contributed by atoms with E-state index in [9.17, 15) is 14.4 Å². The van der Waals surface area contributed by atoms with Crippen LogP contribution in [-0.4, -0.2) is 14.9 Å². The Morgan fingerprint density at radius 1 is 1.00 bits per heavy atom. The highest BCUT2D eigenvalue weighted by Crippen LogP contribution is 2.35. The summed E-state index contributed by atoms with van der Waals surface area (Å²) in [5, 5.41) is 1.17. The summed E-state index contributed by atoms with van der Waals surface area (Å²) in [5.41, 5.74) is 0.982. The zero-order valence-corrected chi connectivity index (χ0v) is 18.6. The predicted octanol–water partition coefficient (Wildman–Crippen LogP) is 4.89. The van der Waals surface area contributed by atoms with Gasteiger partial charge in [-0.3, -0.25) is 14.2 Å². The molecule has 5 rings (SSSR count). The molecular formula is C23H16Cl2N2O3S. The summed E-state index contributed by atoms with van der Waals surface area (Å²) in [7, 11) is 0. The third-order valence-electron chi connectivity index (χ3n) is 5.54. The van der Waals surface area contributed by atoms with Crippen molar-refractivity contribution in [3.8, 4) is 5.69 Å². The first-order chi connectivity index (χ1) is 15.0. The molecule has 156 valence electrons. The first-order valence-corrected chi connectivity index (χ1v) is 11.4. The number of hydrogen-bond acceptors (Lipinski definition) is 4. The highest BCUT2D eigenvalue weighted by Gasteiger charge is 2.26. The normalized spacial score (nSPS) is 13.0. The quantitative estimate of drug-likeness (QED) is 0.398. The molecule has 1 aliphatic rings.